The molecule has 0 unspecified atom stereocenters. The van der Waals surface area contributed by atoms with Crippen molar-refractivity contribution in [2.24, 2.45) is 0 Å². The molecule has 2 aliphatic rings. The van der Waals surface area contributed by atoms with Gasteiger partial charge in [-0.15, -0.1) is 0 Å². The molecule has 22 heavy (non-hydrogen) atoms. The Kier molecular flexibility index (Phi) is 3.63. The number of amides is 4. The lowest BCUT2D eigenvalue weighted by Crippen LogP contribution is -2.71. The van der Waals surface area contributed by atoms with Crippen molar-refractivity contribution < 1.29 is 19.5 Å². The average Bonchev–Trinajstić information content (AvgIpc) is 2.49. The summed E-state index contributed by atoms with van der Waals surface area (Å²) in [6, 6.07) is 2.44. The minimum absolute atomic E-state index is 0.366. The van der Waals surface area contributed by atoms with Gasteiger partial charge in [0.05, 0.1) is 6.10 Å². The van der Waals surface area contributed by atoms with E-state index in [1.165, 1.54) is 6.20 Å². The molecular formula is C14H16N4O4. The number of aliphatic hydroxyl groups is 1. The fourth-order valence-electron chi connectivity index (χ4n) is 3.03. The molecule has 3 heterocycles. The fourth-order valence-corrected chi connectivity index (χ4v) is 3.03. The van der Waals surface area contributed by atoms with Crippen LogP contribution in [0.2, 0.25) is 0 Å². The Morgan fingerprint density at radius 2 is 1.82 bits per heavy atom. The van der Waals surface area contributed by atoms with Crippen LogP contribution < -0.4 is 10.6 Å². The van der Waals surface area contributed by atoms with Gasteiger partial charge in [-0.1, -0.05) is 6.07 Å². The maximum atomic E-state index is 12.6. The Balaban J connectivity index is 2.08. The highest BCUT2D eigenvalue weighted by atomic mass is 16.3. The van der Waals surface area contributed by atoms with Gasteiger partial charge in [-0.05, 0) is 18.9 Å². The molecule has 4 amide bonds. The van der Waals surface area contributed by atoms with Crippen LogP contribution in [0, 0.1) is 0 Å². The molecule has 1 aromatic rings. The van der Waals surface area contributed by atoms with Gasteiger partial charge in [0.1, 0.15) is 0 Å². The molecule has 3 N–H and O–H groups in total. The van der Waals surface area contributed by atoms with E-state index in [1.807, 2.05) is 0 Å². The number of aliphatic hydroxyl groups excluding tert-OH is 1. The van der Waals surface area contributed by atoms with Crippen LogP contribution in [0.4, 0.5) is 4.79 Å². The van der Waals surface area contributed by atoms with E-state index >= 15 is 0 Å². The molecule has 2 fully saturated rings. The second-order valence-electron chi connectivity index (χ2n) is 5.41. The summed E-state index contributed by atoms with van der Waals surface area (Å²) in [4.78, 5) is 42.3. The van der Waals surface area contributed by atoms with E-state index in [9.17, 15) is 19.5 Å². The van der Waals surface area contributed by atoms with E-state index in [2.05, 4.69) is 15.6 Å². The first-order valence-corrected chi connectivity index (χ1v) is 7.05. The van der Waals surface area contributed by atoms with Crippen molar-refractivity contribution in [2.75, 3.05) is 13.1 Å². The van der Waals surface area contributed by atoms with E-state index in [-0.39, 0.29) is 0 Å². The maximum absolute atomic E-state index is 12.6. The zero-order valence-corrected chi connectivity index (χ0v) is 11.8. The average molecular weight is 304 g/mol. The lowest BCUT2D eigenvalue weighted by atomic mass is 9.84. The number of rotatable bonds is 2. The van der Waals surface area contributed by atoms with Crippen molar-refractivity contribution in [3.63, 3.8) is 0 Å². The third-order valence-electron chi connectivity index (χ3n) is 4.13. The van der Waals surface area contributed by atoms with Gasteiger partial charge in [-0.2, -0.15) is 0 Å². The molecule has 116 valence electrons. The quantitative estimate of drug-likeness (QED) is 0.611. The smallest absolute Gasteiger partial charge is 0.328 e. The molecule has 0 atom stereocenters. The Hall–Kier alpha value is -2.32. The Morgan fingerprint density at radius 1 is 1.18 bits per heavy atom. The summed E-state index contributed by atoms with van der Waals surface area (Å²) in [5.41, 5.74) is -1.24. The third-order valence-corrected chi connectivity index (χ3v) is 4.13. The number of nitrogens with zero attached hydrogens (tertiary/aromatic N) is 2. The number of hydrogen-bond donors (Lipinski definition) is 3. The molecule has 1 aromatic heterocycles. The molecule has 0 bridgehead atoms. The number of pyridine rings is 1. The fraction of sp³-hybridized carbons (Fsp3) is 0.429. The zero-order chi connectivity index (χ0) is 15.7. The standard InChI is InChI=1S/C14H16N4O4/c19-10-3-6-18(7-4-10)14(9-2-1-5-15-8-9)11(20)16-13(22)17-12(14)21/h1-2,5,8,10,19H,3-4,6-7H2,(H2,16,17,20,21,22). The molecule has 0 radical (unpaired) electrons. The van der Waals surface area contributed by atoms with Crippen LogP contribution in [-0.4, -0.2) is 52.0 Å². The van der Waals surface area contributed by atoms with Crippen LogP contribution in [0.15, 0.2) is 24.5 Å². The van der Waals surface area contributed by atoms with Gasteiger partial charge >= 0.3 is 6.03 Å². The molecule has 0 aliphatic carbocycles. The maximum Gasteiger partial charge on any atom is 0.328 e. The van der Waals surface area contributed by atoms with Crippen molar-refractivity contribution in [3.05, 3.63) is 30.1 Å². The van der Waals surface area contributed by atoms with Crippen molar-refractivity contribution in [2.45, 2.75) is 24.5 Å². The normalized spacial score (nSPS) is 23.0. The predicted molar refractivity (Wildman–Crippen MR) is 74.4 cm³/mol. The van der Waals surface area contributed by atoms with Crippen LogP contribution in [0.1, 0.15) is 18.4 Å². The molecule has 0 saturated carbocycles. The van der Waals surface area contributed by atoms with Crippen molar-refractivity contribution in [3.8, 4) is 0 Å². The summed E-state index contributed by atoms with van der Waals surface area (Å²) in [5, 5.41) is 14.0. The van der Waals surface area contributed by atoms with E-state index in [0.29, 0.717) is 31.5 Å². The molecule has 2 aliphatic heterocycles. The number of carbonyl (C=O) groups is 3. The number of carbonyl (C=O) groups excluding carboxylic acids is 3. The van der Waals surface area contributed by atoms with Gasteiger partial charge in [0, 0.05) is 31.0 Å². The summed E-state index contributed by atoms with van der Waals surface area (Å²) in [5.74, 6) is -1.38. The highest BCUT2D eigenvalue weighted by Crippen LogP contribution is 2.33. The Labute approximate surface area is 126 Å². The number of urea groups is 1. The highest BCUT2D eigenvalue weighted by molar-refractivity contribution is 6.22. The van der Waals surface area contributed by atoms with E-state index in [1.54, 1.807) is 23.2 Å². The number of aromatic nitrogens is 1. The first-order chi connectivity index (χ1) is 10.5. The number of hydrogen-bond acceptors (Lipinski definition) is 6. The molecule has 3 rings (SSSR count). The number of likely N-dealkylation sites (tertiary alicyclic amines) is 1. The van der Waals surface area contributed by atoms with E-state index in [0.717, 1.165) is 0 Å². The highest BCUT2D eigenvalue weighted by Gasteiger charge is 2.56. The zero-order valence-electron chi connectivity index (χ0n) is 11.8. The molecule has 8 nitrogen and oxygen atoms in total. The minimum Gasteiger partial charge on any atom is -0.393 e. The van der Waals surface area contributed by atoms with Gasteiger partial charge < -0.3 is 5.11 Å². The van der Waals surface area contributed by atoms with E-state index < -0.39 is 29.5 Å². The predicted octanol–water partition coefficient (Wildman–Crippen LogP) is -0.900. The first-order valence-electron chi connectivity index (χ1n) is 7.05. The minimum atomic E-state index is -1.64. The van der Waals surface area contributed by atoms with Crippen LogP contribution in [0.3, 0.4) is 0 Å². The van der Waals surface area contributed by atoms with Crippen LogP contribution in [-0.2, 0) is 15.1 Å². The second kappa shape index (κ2) is 5.47. The molecule has 0 aromatic carbocycles. The van der Waals surface area contributed by atoms with Gasteiger partial charge in [0.15, 0.2) is 0 Å². The lowest BCUT2D eigenvalue weighted by molar-refractivity contribution is -0.150. The third kappa shape index (κ3) is 2.16. The van der Waals surface area contributed by atoms with Gasteiger partial charge in [-0.25, -0.2) is 4.79 Å². The van der Waals surface area contributed by atoms with Crippen molar-refractivity contribution in [1.29, 1.82) is 0 Å². The first kappa shape index (κ1) is 14.6. The molecular weight excluding hydrogens is 288 g/mol. The van der Waals surface area contributed by atoms with Gasteiger partial charge in [0.2, 0.25) is 5.54 Å². The number of imide groups is 2. The summed E-state index contributed by atoms with van der Waals surface area (Å²) in [7, 11) is 0. The summed E-state index contributed by atoms with van der Waals surface area (Å²) in [6.45, 7) is 0.732. The summed E-state index contributed by atoms with van der Waals surface area (Å²) >= 11 is 0. The van der Waals surface area contributed by atoms with Gasteiger partial charge in [-0.3, -0.25) is 30.1 Å². The van der Waals surface area contributed by atoms with Crippen LogP contribution in [0.25, 0.3) is 0 Å². The number of barbiturate groups is 1. The van der Waals surface area contributed by atoms with Crippen LogP contribution >= 0.6 is 0 Å². The molecule has 2 saturated heterocycles. The number of nitrogens with one attached hydrogen (secondary N) is 2. The number of piperidine rings is 1. The molecule has 8 heteroatoms. The lowest BCUT2D eigenvalue weighted by Gasteiger charge is -2.45. The van der Waals surface area contributed by atoms with Crippen molar-refractivity contribution >= 4 is 17.8 Å². The second-order valence-corrected chi connectivity index (χ2v) is 5.41. The summed E-state index contributed by atoms with van der Waals surface area (Å²) < 4.78 is 0. The largest absolute Gasteiger partial charge is 0.393 e. The van der Waals surface area contributed by atoms with Gasteiger partial charge in [0.25, 0.3) is 11.8 Å². The summed E-state index contributed by atoms with van der Waals surface area (Å²) in [6.07, 6.45) is 3.45. The Bertz CT molecular complexity index is 591. The molecule has 0 spiro atoms. The topological polar surface area (TPSA) is 112 Å². The Morgan fingerprint density at radius 3 is 2.36 bits per heavy atom. The monoisotopic (exact) mass is 304 g/mol. The van der Waals surface area contributed by atoms with Crippen molar-refractivity contribution in [1.82, 2.24) is 20.5 Å². The van der Waals surface area contributed by atoms with Crippen LogP contribution in [0.5, 0.6) is 0 Å². The van der Waals surface area contributed by atoms with E-state index in [4.69, 9.17) is 0 Å². The SMILES string of the molecule is O=C1NC(=O)C(c2cccnc2)(N2CCC(O)CC2)C(=O)N1.